The number of ether oxygens (including phenoxy) is 1. The van der Waals surface area contributed by atoms with Crippen LogP contribution in [0.2, 0.25) is 0 Å². The fourth-order valence-electron chi connectivity index (χ4n) is 7.66. The highest BCUT2D eigenvalue weighted by Gasteiger charge is 2.58. The Morgan fingerprint density at radius 2 is 1.82 bits per heavy atom. The summed E-state index contributed by atoms with van der Waals surface area (Å²) < 4.78 is 11.5. The second kappa shape index (κ2) is 10.3. The lowest BCUT2D eigenvalue weighted by atomic mass is 9.81. The standard InChI is InChI=1S/C33H40N4O3/c1-2-39-28-20-26(13-18-34-28)25-9-6-10-27(19-25)37(30(38)24-7-4-3-5-8-24)22-32-14-16-33(21-32,17-15-32)31-35-29(36-40-31)23-11-12-23/h6,9-10,13,18-20,23-24H,2-5,7-8,11-12,14-17,21-22H2,1H3. The Balaban J connectivity index is 1.18. The van der Waals surface area contributed by atoms with E-state index < -0.39 is 0 Å². The molecule has 40 heavy (non-hydrogen) atoms. The largest absolute Gasteiger partial charge is 0.478 e. The van der Waals surface area contributed by atoms with E-state index in [1.54, 1.807) is 6.20 Å². The van der Waals surface area contributed by atoms with Gasteiger partial charge in [0.1, 0.15) is 0 Å². The number of fused-ring (bicyclic) bond motifs is 2. The van der Waals surface area contributed by atoms with Crippen molar-refractivity contribution < 1.29 is 14.1 Å². The minimum atomic E-state index is -0.0196. The van der Waals surface area contributed by atoms with Gasteiger partial charge in [-0.2, -0.15) is 4.98 Å². The van der Waals surface area contributed by atoms with Crippen LogP contribution in [0.5, 0.6) is 5.88 Å². The van der Waals surface area contributed by atoms with Crippen LogP contribution in [0, 0.1) is 11.3 Å². The maximum absolute atomic E-state index is 14.2. The first-order valence-corrected chi connectivity index (χ1v) is 15.4. The van der Waals surface area contributed by atoms with Crippen LogP contribution in [-0.2, 0) is 10.2 Å². The van der Waals surface area contributed by atoms with Crippen molar-refractivity contribution in [2.75, 3.05) is 18.1 Å². The number of carbonyl (C=O) groups is 1. The minimum Gasteiger partial charge on any atom is -0.478 e. The Kier molecular flexibility index (Phi) is 6.63. The summed E-state index contributed by atoms with van der Waals surface area (Å²) in [7, 11) is 0. The van der Waals surface area contributed by atoms with Crippen molar-refractivity contribution in [1.29, 1.82) is 0 Å². The molecule has 0 radical (unpaired) electrons. The molecule has 7 rings (SSSR count). The maximum atomic E-state index is 14.2. The van der Waals surface area contributed by atoms with E-state index in [-0.39, 0.29) is 16.7 Å². The monoisotopic (exact) mass is 540 g/mol. The highest BCUT2D eigenvalue weighted by atomic mass is 16.5. The van der Waals surface area contributed by atoms with Crippen molar-refractivity contribution in [1.82, 2.24) is 15.1 Å². The van der Waals surface area contributed by atoms with E-state index in [9.17, 15) is 4.79 Å². The van der Waals surface area contributed by atoms with E-state index in [0.29, 0.717) is 24.3 Å². The second-order valence-electron chi connectivity index (χ2n) is 12.8. The van der Waals surface area contributed by atoms with E-state index in [1.807, 2.05) is 19.1 Å². The number of carbonyl (C=O) groups excluding carboxylic acids is 1. The lowest BCUT2D eigenvalue weighted by Gasteiger charge is -2.36. The zero-order chi connectivity index (χ0) is 27.2. The van der Waals surface area contributed by atoms with Gasteiger partial charge in [0.15, 0.2) is 5.82 Å². The highest BCUT2D eigenvalue weighted by molar-refractivity contribution is 5.96. The molecule has 210 valence electrons. The van der Waals surface area contributed by atoms with Gasteiger partial charge >= 0.3 is 0 Å². The molecule has 2 heterocycles. The Morgan fingerprint density at radius 1 is 1.02 bits per heavy atom. The van der Waals surface area contributed by atoms with Gasteiger partial charge in [-0.1, -0.05) is 36.6 Å². The quantitative estimate of drug-likeness (QED) is 0.285. The van der Waals surface area contributed by atoms with Crippen LogP contribution in [0.4, 0.5) is 5.69 Å². The highest BCUT2D eigenvalue weighted by Crippen LogP contribution is 2.62. The number of benzene rings is 1. The maximum Gasteiger partial charge on any atom is 0.232 e. The van der Waals surface area contributed by atoms with Crippen LogP contribution in [0.1, 0.15) is 102 Å². The van der Waals surface area contributed by atoms with Crippen LogP contribution in [0.15, 0.2) is 47.1 Å². The number of rotatable bonds is 9. The molecule has 2 aromatic heterocycles. The van der Waals surface area contributed by atoms with E-state index in [2.05, 4.69) is 39.3 Å². The van der Waals surface area contributed by atoms with Gasteiger partial charge in [-0.3, -0.25) is 4.79 Å². The number of nitrogens with zero attached hydrogens (tertiary/aromatic N) is 4. The number of hydrogen-bond acceptors (Lipinski definition) is 6. The van der Waals surface area contributed by atoms with Gasteiger partial charge in [-0.05, 0) is 99.5 Å². The molecule has 3 aromatic rings. The van der Waals surface area contributed by atoms with Crippen LogP contribution in [0.25, 0.3) is 11.1 Å². The van der Waals surface area contributed by atoms with Gasteiger partial charge in [0.05, 0.1) is 12.0 Å². The topological polar surface area (TPSA) is 81.4 Å². The van der Waals surface area contributed by atoms with Gasteiger partial charge in [-0.15, -0.1) is 0 Å². The third-order valence-corrected chi connectivity index (χ3v) is 10.1. The second-order valence-corrected chi connectivity index (χ2v) is 12.8. The zero-order valence-corrected chi connectivity index (χ0v) is 23.6. The molecule has 1 amide bonds. The summed E-state index contributed by atoms with van der Waals surface area (Å²) in [6.45, 7) is 3.31. The predicted octanol–water partition coefficient (Wildman–Crippen LogP) is 7.22. The number of hydrogen-bond donors (Lipinski definition) is 0. The summed E-state index contributed by atoms with van der Waals surface area (Å²) in [5, 5.41) is 4.35. The fourth-order valence-corrected chi connectivity index (χ4v) is 7.66. The third kappa shape index (κ3) is 4.82. The van der Waals surface area contributed by atoms with Crippen molar-refractivity contribution in [3.8, 4) is 17.0 Å². The molecule has 2 bridgehead atoms. The van der Waals surface area contributed by atoms with Crippen molar-refractivity contribution in [2.24, 2.45) is 11.3 Å². The normalized spacial score (nSPS) is 26.2. The van der Waals surface area contributed by atoms with Crippen molar-refractivity contribution in [3.05, 3.63) is 54.3 Å². The molecular weight excluding hydrogens is 500 g/mol. The van der Waals surface area contributed by atoms with E-state index in [4.69, 9.17) is 14.2 Å². The van der Waals surface area contributed by atoms with Gasteiger partial charge < -0.3 is 14.2 Å². The molecule has 0 aliphatic heterocycles. The predicted molar refractivity (Wildman–Crippen MR) is 153 cm³/mol. The summed E-state index contributed by atoms with van der Waals surface area (Å²) >= 11 is 0. The number of amides is 1. The van der Waals surface area contributed by atoms with Crippen LogP contribution >= 0.6 is 0 Å². The molecule has 0 unspecified atom stereocenters. The summed E-state index contributed by atoms with van der Waals surface area (Å²) in [6.07, 6.45) is 15.1. The summed E-state index contributed by atoms with van der Waals surface area (Å²) in [5.41, 5.74) is 3.19. The number of aromatic nitrogens is 3. The zero-order valence-electron chi connectivity index (χ0n) is 23.6. The first kappa shape index (κ1) is 25.7. The molecule has 0 N–H and O–H groups in total. The third-order valence-electron chi connectivity index (χ3n) is 10.1. The molecule has 4 aliphatic carbocycles. The SMILES string of the molecule is CCOc1cc(-c2cccc(N(CC34CCC(c5nc(C6CC6)no5)(CC3)C4)C(=O)C3CCCCC3)c2)ccn1. The molecule has 7 heteroatoms. The first-order chi connectivity index (χ1) is 19.6. The molecule has 0 atom stereocenters. The van der Waals surface area contributed by atoms with Gasteiger partial charge in [0.2, 0.25) is 17.7 Å². The molecule has 0 saturated heterocycles. The van der Waals surface area contributed by atoms with Crippen molar-refractivity contribution >= 4 is 11.6 Å². The van der Waals surface area contributed by atoms with Crippen LogP contribution in [-0.4, -0.2) is 34.2 Å². The average molecular weight is 541 g/mol. The van der Waals surface area contributed by atoms with Gasteiger partial charge in [-0.25, -0.2) is 4.98 Å². The Hall–Kier alpha value is -3.22. The molecule has 0 spiro atoms. The van der Waals surface area contributed by atoms with Crippen LogP contribution in [0.3, 0.4) is 0 Å². The van der Waals surface area contributed by atoms with E-state index >= 15 is 0 Å². The smallest absolute Gasteiger partial charge is 0.232 e. The summed E-state index contributed by atoms with van der Waals surface area (Å²) in [5.74, 6) is 3.30. The Labute approximate surface area is 236 Å². The Morgan fingerprint density at radius 3 is 2.60 bits per heavy atom. The molecule has 4 saturated carbocycles. The first-order valence-electron chi connectivity index (χ1n) is 15.4. The fraction of sp³-hybridized carbons (Fsp3) is 0.576. The summed E-state index contributed by atoms with van der Waals surface area (Å²) in [4.78, 5) is 25.6. The molecule has 4 aliphatic rings. The number of pyridine rings is 1. The molecule has 4 fully saturated rings. The lowest BCUT2D eigenvalue weighted by Crippen LogP contribution is -2.43. The Bertz CT molecular complexity index is 1370. The van der Waals surface area contributed by atoms with Crippen LogP contribution < -0.4 is 9.64 Å². The molecule has 7 nitrogen and oxygen atoms in total. The number of anilines is 1. The van der Waals surface area contributed by atoms with E-state index in [0.717, 1.165) is 92.9 Å². The van der Waals surface area contributed by atoms with Gasteiger partial charge in [0, 0.05) is 36.3 Å². The minimum absolute atomic E-state index is 0.0196. The summed E-state index contributed by atoms with van der Waals surface area (Å²) in [6, 6.07) is 12.5. The average Bonchev–Trinajstić information content (AvgIpc) is 3.44. The molecule has 1 aromatic carbocycles. The van der Waals surface area contributed by atoms with Crippen molar-refractivity contribution in [3.63, 3.8) is 0 Å². The van der Waals surface area contributed by atoms with Crippen molar-refractivity contribution in [2.45, 2.75) is 95.3 Å². The van der Waals surface area contributed by atoms with E-state index in [1.165, 1.54) is 19.3 Å². The lowest BCUT2D eigenvalue weighted by molar-refractivity contribution is -0.123. The van der Waals surface area contributed by atoms with Gasteiger partial charge in [0.25, 0.3) is 0 Å². The molecular formula is C33H40N4O3.